The number of hydrogen-bond acceptors (Lipinski definition) is 11. The van der Waals surface area contributed by atoms with E-state index in [-0.39, 0.29) is 32.1 Å². The summed E-state index contributed by atoms with van der Waals surface area (Å²) in [4.78, 5) is 72.2. The molecule has 5 aromatic rings. The van der Waals surface area contributed by atoms with Gasteiger partial charge in [-0.25, -0.2) is 0 Å². The highest BCUT2D eigenvalue weighted by atomic mass is 32.1. The van der Waals surface area contributed by atoms with Crippen LogP contribution in [0.25, 0.3) is 0 Å². The molecule has 0 saturated carbocycles. The fraction of sp³-hybridized carbons (Fsp3) is 0.222. The molecule has 0 radical (unpaired) electrons. The maximum absolute atomic E-state index is 14.4. The van der Waals surface area contributed by atoms with Gasteiger partial charge in [0.1, 0.15) is 24.4 Å². The van der Waals surface area contributed by atoms with Gasteiger partial charge in [-0.2, -0.15) is 0 Å². The molecule has 10 nitrogen and oxygen atoms in total. The molecule has 0 aliphatic carbocycles. The lowest BCUT2D eigenvalue weighted by Gasteiger charge is -2.27. The van der Waals surface area contributed by atoms with E-state index in [1.807, 2.05) is 24.3 Å². The van der Waals surface area contributed by atoms with Crippen LogP contribution in [0.4, 0.5) is 0 Å². The number of hydrogen-bond donors (Lipinski definition) is 10. The Labute approximate surface area is 377 Å². The number of aldehydes is 1. The van der Waals surface area contributed by atoms with Crippen molar-refractivity contribution in [3.05, 3.63) is 149 Å². The van der Waals surface area contributed by atoms with E-state index in [1.165, 1.54) is 0 Å². The molecular formula is C45H47N5O5S5. The van der Waals surface area contributed by atoms with Crippen LogP contribution in [-0.2, 0) is 56.1 Å². The summed E-state index contributed by atoms with van der Waals surface area (Å²) in [5.41, 5.74) is 10.1. The normalized spacial score (nSPS) is 13.5. The van der Waals surface area contributed by atoms with E-state index in [0.29, 0.717) is 26.5 Å². The van der Waals surface area contributed by atoms with Crippen molar-refractivity contribution in [2.45, 2.75) is 86.8 Å². The van der Waals surface area contributed by atoms with Gasteiger partial charge in [0.2, 0.25) is 23.6 Å². The van der Waals surface area contributed by atoms with E-state index in [9.17, 15) is 24.0 Å². The van der Waals surface area contributed by atoms with Gasteiger partial charge in [-0.3, -0.25) is 19.2 Å². The number of benzene rings is 5. The fourth-order valence-electron chi connectivity index (χ4n) is 6.34. The summed E-state index contributed by atoms with van der Waals surface area (Å²) in [7, 11) is 0. The first kappa shape index (κ1) is 46.4. The number of amides is 4. The zero-order valence-corrected chi connectivity index (χ0v) is 36.9. The molecule has 6 N–H and O–H groups in total. The molecule has 15 heteroatoms. The number of rotatable bonds is 19. The molecule has 0 fully saturated rings. The van der Waals surface area contributed by atoms with E-state index in [0.717, 1.165) is 32.0 Å². The molecule has 0 aliphatic rings. The first-order chi connectivity index (χ1) is 28.7. The maximum atomic E-state index is 14.4. The van der Waals surface area contributed by atoms with Crippen LogP contribution in [0.5, 0.6) is 0 Å². The van der Waals surface area contributed by atoms with E-state index >= 15 is 0 Å². The average molecular weight is 898 g/mol. The van der Waals surface area contributed by atoms with E-state index < -0.39 is 53.8 Å². The van der Waals surface area contributed by atoms with Gasteiger partial charge in [-0.1, -0.05) is 60.7 Å². The summed E-state index contributed by atoms with van der Waals surface area (Å²) in [5.74, 6) is -2.46. The van der Waals surface area contributed by atoms with Gasteiger partial charge in [-0.15, -0.1) is 63.1 Å². The molecule has 0 saturated heterocycles. The second-order valence-electron chi connectivity index (χ2n) is 14.4. The Morgan fingerprint density at radius 1 is 0.400 bits per heavy atom. The van der Waals surface area contributed by atoms with Crippen molar-refractivity contribution >= 4 is 93.1 Å². The third-order valence-electron chi connectivity index (χ3n) is 9.64. The highest BCUT2D eigenvalue weighted by Crippen LogP contribution is 2.16. The third kappa shape index (κ3) is 14.8. The van der Waals surface area contributed by atoms with Gasteiger partial charge in [0.15, 0.2) is 0 Å². The number of nitrogens with two attached hydrogens (primary N) is 1. The standard InChI is InChI=1S/C45H47N5O5S5/c46-38(22-28-3-13-34(57)14-4-28)42(52)48-40(24-30-7-17-36(59)18-8-30)44(54)50-41(25-31-9-19-37(60)20-10-31)45(55)49-39(23-29-5-15-35(58)16-6-29)43(53)47-32(26-51)21-27-1-11-33(56)12-2-27/h1-20,26,32,38-41,56-60H,21-25,46H2,(H,47,53)(H,48,52)(H,49,55)(H,50,54). The molecule has 60 heavy (non-hydrogen) atoms. The summed E-state index contributed by atoms with van der Waals surface area (Å²) in [6.45, 7) is 0. The minimum Gasteiger partial charge on any atom is -0.344 e. The lowest BCUT2D eigenvalue weighted by atomic mass is 10.00. The van der Waals surface area contributed by atoms with Gasteiger partial charge in [0, 0.05) is 43.7 Å². The third-order valence-corrected chi connectivity index (χ3v) is 11.1. The van der Waals surface area contributed by atoms with Gasteiger partial charge in [0.05, 0.1) is 12.1 Å². The summed E-state index contributed by atoms with van der Waals surface area (Å²) < 4.78 is 0. The minimum absolute atomic E-state index is 0.0299. The SMILES string of the molecule is NC(Cc1ccc(S)cc1)C(=O)NC(Cc1ccc(S)cc1)C(=O)NC(Cc1ccc(S)cc1)C(=O)NC(Cc1ccc(S)cc1)C(=O)NC(C=O)Cc1ccc(S)cc1. The second-order valence-corrected chi connectivity index (χ2v) is 17.0. The van der Waals surface area contributed by atoms with Crippen LogP contribution in [0.2, 0.25) is 0 Å². The van der Waals surface area contributed by atoms with E-state index in [4.69, 9.17) is 5.73 Å². The van der Waals surface area contributed by atoms with Crippen LogP contribution in [-0.4, -0.2) is 60.1 Å². The molecule has 0 spiro atoms. The van der Waals surface area contributed by atoms with Crippen LogP contribution in [0.3, 0.4) is 0 Å². The largest absolute Gasteiger partial charge is 0.344 e. The van der Waals surface area contributed by atoms with Crippen molar-refractivity contribution in [3.63, 3.8) is 0 Å². The Hall–Kier alpha value is -4.64. The lowest BCUT2D eigenvalue weighted by Crippen LogP contribution is -2.59. The topological polar surface area (TPSA) is 159 Å². The van der Waals surface area contributed by atoms with Gasteiger partial charge < -0.3 is 31.8 Å². The molecular weight excluding hydrogens is 851 g/mol. The molecule has 5 aromatic carbocycles. The van der Waals surface area contributed by atoms with Crippen molar-refractivity contribution < 1.29 is 24.0 Å². The molecule has 0 heterocycles. The Bertz CT molecular complexity index is 2230. The summed E-state index contributed by atoms with van der Waals surface area (Å²) in [6.07, 6.45) is 1.24. The van der Waals surface area contributed by atoms with Gasteiger partial charge in [-0.05, 0) is 101 Å². The van der Waals surface area contributed by atoms with E-state index in [2.05, 4.69) is 84.4 Å². The first-order valence-electron chi connectivity index (χ1n) is 19.1. The smallest absolute Gasteiger partial charge is 0.243 e. The Morgan fingerprint density at radius 2 is 0.650 bits per heavy atom. The number of thiol groups is 5. The average Bonchev–Trinajstić information content (AvgIpc) is 3.23. The predicted octanol–water partition coefficient (Wildman–Crippen LogP) is 5.11. The molecule has 5 rings (SSSR count). The van der Waals surface area contributed by atoms with Crippen LogP contribution >= 0.6 is 63.1 Å². The number of carbonyl (C=O) groups is 5. The van der Waals surface area contributed by atoms with Crippen LogP contribution in [0, 0.1) is 0 Å². The van der Waals surface area contributed by atoms with Crippen molar-refractivity contribution in [3.8, 4) is 0 Å². The molecule has 5 atom stereocenters. The monoisotopic (exact) mass is 897 g/mol. The van der Waals surface area contributed by atoms with Crippen LogP contribution < -0.4 is 27.0 Å². The first-order valence-corrected chi connectivity index (χ1v) is 21.3. The van der Waals surface area contributed by atoms with Gasteiger partial charge >= 0.3 is 0 Å². The molecule has 5 unspecified atom stereocenters. The number of nitrogens with one attached hydrogen (secondary N) is 4. The van der Waals surface area contributed by atoms with Crippen molar-refractivity contribution in [1.82, 2.24) is 21.3 Å². The minimum atomic E-state index is -1.22. The molecule has 0 aromatic heterocycles. The molecule has 0 aliphatic heterocycles. The van der Waals surface area contributed by atoms with Crippen molar-refractivity contribution in [2.24, 2.45) is 5.73 Å². The molecule has 4 amide bonds. The lowest BCUT2D eigenvalue weighted by molar-refractivity contribution is -0.134. The highest BCUT2D eigenvalue weighted by molar-refractivity contribution is 7.81. The van der Waals surface area contributed by atoms with Crippen LogP contribution in [0.15, 0.2) is 146 Å². The zero-order chi connectivity index (χ0) is 43.2. The Balaban J connectivity index is 1.40. The quantitative estimate of drug-likeness (QED) is 0.0410. The number of carbonyl (C=O) groups excluding carboxylic acids is 5. The maximum Gasteiger partial charge on any atom is 0.243 e. The predicted molar refractivity (Wildman–Crippen MR) is 249 cm³/mol. The summed E-state index contributed by atoms with van der Waals surface area (Å²) >= 11 is 21.8. The Morgan fingerprint density at radius 3 is 0.950 bits per heavy atom. The Kier molecular flexibility index (Phi) is 17.7. The van der Waals surface area contributed by atoms with E-state index in [1.54, 1.807) is 97.1 Å². The molecule has 312 valence electrons. The van der Waals surface area contributed by atoms with Crippen molar-refractivity contribution in [2.75, 3.05) is 0 Å². The fourth-order valence-corrected chi connectivity index (χ4v) is 7.08. The zero-order valence-electron chi connectivity index (χ0n) is 32.4. The molecule has 0 bridgehead atoms. The summed E-state index contributed by atoms with van der Waals surface area (Å²) in [5, 5.41) is 11.3. The highest BCUT2D eigenvalue weighted by Gasteiger charge is 2.32. The van der Waals surface area contributed by atoms with Crippen molar-refractivity contribution in [1.29, 1.82) is 0 Å². The van der Waals surface area contributed by atoms with Gasteiger partial charge in [0.25, 0.3) is 0 Å². The second kappa shape index (κ2) is 22.8. The summed E-state index contributed by atoms with van der Waals surface area (Å²) in [6, 6.07) is 30.4. The van der Waals surface area contributed by atoms with Crippen LogP contribution in [0.1, 0.15) is 27.8 Å².